The molecule has 142 valence electrons. The molecule has 0 aliphatic carbocycles. The summed E-state index contributed by atoms with van der Waals surface area (Å²) in [5, 5.41) is 4.46. The van der Waals surface area contributed by atoms with E-state index in [0.29, 0.717) is 29.2 Å². The van der Waals surface area contributed by atoms with Crippen molar-refractivity contribution in [2.24, 2.45) is 0 Å². The SMILES string of the molecule is C[C@H]1CCN1c1nc(-c2cnn(C3CN(C)C3)c2)cn2c(C(F)F)cnc12. The highest BCUT2D eigenvalue weighted by atomic mass is 19.3. The minimum atomic E-state index is -2.59. The predicted octanol–water partition coefficient (Wildman–Crippen LogP) is 2.62. The van der Waals surface area contributed by atoms with Gasteiger partial charge in [-0.05, 0) is 20.4 Å². The van der Waals surface area contributed by atoms with E-state index < -0.39 is 6.43 Å². The molecule has 3 aromatic heterocycles. The van der Waals surface area contributed by atoms with Gasteiger partial charge in [-0.15, -0.1) is 0 Å². The van der Waals surface area contributed by atoms with Crippen LogP contribution in [0.25, 0.3) is 16.9 Å². The highest BCUT2D eigenvalue weighted by molar-refractivity contribution is 5.71. The molecule has 0 N–H and O–H groups in total. The van der Waals surface area contributed by atoms with Crippen LogP contribution >= 0.6 is 0 Å². The van der Waals surface area contributed by atoms with E-state index in [1.807, 2.05) is 10.9 Å². The van der Waals surface area contributed by atoms with Crippen molar-refractivity contribution in [3.05, 3.63) is 30.5 Å². The Balaban J connectivity index is 1.60. The second kappa shape index (κ2) is 5.98. The van der Waals surface area contributed by atoms with Gasteiger partial charge in [0.25, 0.3) is 6.43 Å². The molecule has 5 heterocycles. The maximum absolute atomic E-state index is 13.5. The van der Waals surface area contributed by atoms with E-state index in [2.05, 4.69) is 33.9 Å². The number of imidazole rings is 1. The summed E-state index contributed by atoms with van der Waals surface area (Å²) in [7, 11) is 2.07. The number of aromatic nitrogens is 5. The largest absolute Gasteiger partial charge is 0.351 e. The average molecular weight is 373 g/mol. The van der Waals surface area contributed by atoms with Crippen molar-refractivity contribution >= 4 is 11.5 Å². The van der Waals surface area contributed by atoms with Crippen LogP contribution in [0, 0.1) is 0 Å². The lowest BCUT2D eigenvalue weighted by molar-refractivity contribution is 0.130. The summed E-state index contributed by atoms with van der Waals surface area (Å²) < 4.78 is 30.3. The van der Waals surface area contributed by atoms with Gasteiger partial charge >= 0.3 is 0 Å². The van der Waals surface area contributed by atoms with Gasteiger partial charge in [-0.1, -0.05) is 0 Å². The first-order valence-electron chi connectivity index (χ1n) is 9.17. The molecule has 0 aromatic carbocycles. The summed E-state index contributed by atoms with van der Waals surface area (Å²) in [6.45, 7) is 4.89. The van der Waals surface area contributed by atoms with Gasteiger partial charge in [0.2, 0.25) is 0 Å². The number of anilines is 1. The summed E-state index contributed by atoms with van der Waals surface area (Å²) >= 11 is 0. The van der Waals surface area contributed by atoms with Gasteiger partial charge in [-0.2, -0.15) is 5.10 Å². The lowest BCUT2D eigenvalue weighted by atomic mass is 10.1. The molecule has 9 heteroatoms. The van der Waals surface area contributed by atoms with Crippen molar-refractivity contribution in [3.63, 3.8) is 0 Å². The predicted molar refractivity (Wildman–Crippen MR) is 97.1 cm³/mol. The zero-order valence-electron chi connectivity index (χ0n) is 15.3. The second-order valence-corrected chi connectivity index (χ2v) is 7.54. The zero-order valence-corrected chi connectivity index (χ0v) is 15.3. The van der Waals surface area contributed by atoms with Gasteiger partial charge in [0.15, 0.2) is 11.5 Å². The Morgan fingerprint density at radius 2 is 2.00 bits per heavy atom. The van der Waals surface area contributed by atoms with E-state index in [-0.39, 0.29) is 5.69 Å². The van der Waals surface area contributed by atoms with Crippen molar-refractivity contribution in [2.75, 3.05) is 31.6 Å². The Bertz CT molecular complexity index is 989. The Labute approximate surface area is 155 Å². The fraction of sp³-hybridized carbons (Fsp3) is 0.500. The van der Waals surface area contributed by atoms with Crippen molar-refractivity contribution in [1.29, 1.82) is 0 Å². The molecule has 2 fully saturated rings. The van der Waals surface area contributed by atoms with E-state index >= 15 is 0 Å². The van der Waals surface area contributed by atoms with E-state index in [4.69, 9.17) is 4.98 Å². The monoisotopic (exact) mass is 373 g/mol. The lowest BCUT2D eigenvalue weighted by Gasteiger charge is -2.39. The summed E-state index contributed by atoms with van der Waals surface area (Å²) in [6, 6.07) is 0.684. The quantitative estimate of drug-likeness (QED) is 0.704. The van der Waals surface area contributed by atoms with Gasteiger partial charge in [0.05, 0.1) is 24.1 Å². The highest BCUT2D eigenvalue weighted by Gasteiger charge is 2.30. The first-order valence-corrected chi connectivity index (χ1v) is 9.17. The van der Waals surface area contributed by atoms with Crippen LogP contribution in [-0.2, 0) is 0 Å². The average Bonchev–Trinajstić information content (AvgIpc) is 3.24. The highest BCUT2D eigenvalue weighted by Crippen LogP contribution is 2.33. The number of alkyl halides is 2. The minimum Gasteiger partial charge on any atom is -0.351 e. The summed E-state index contributed by atoms with van der Waals surface area (Å²) in [4.78, 5) is 13.4. The van der Waals surface area contributed by atoms with Crippen molar-refractivity contribution in [3.8, 4) is 11.3 Å². The van der Waals surface area contributed by atoms with Crippen LogP contribution in [0.2, 0.25) is 0 Å². The van der Waals surface area contributed by atoms with Crippen LogP contribution < -0.4 is 4.90 Å². The summed E-state index contributed by atoms with van der Waals surface area (Å²) in [5.74, 6) is 0.661. The Kier molecular flexibility index (Phi) is 3.68. The van der Waals surface area contributed by atoms with Crippen LogP contribution in [0.3, 0.4) is 0 Å². The third kappa shape index (κ3) is 2.60. The van der Waals surface area contributed by atoms with Gasteiger partial charge < -0.3 is 9.80 Å². The maximum atomic E-state index is 13.5. The van der Waals surface area contributed by atoms with Crippen molar-refractivity contribution in [2.45, 2.75) is 31.9 Å². The normalized spacial score (nSPS) is 21.1. The number of halogens is 2. The molecule has 1 atom stereocenters. The fourth-order valence-corrected chi connectivity index (χ4v) is 3.82. The molecular formula is C18H21F2N7. The molecule has 5 rings (SSSR count). The molecule has 0 saturated carbocycles. The van der Waals surface area contributed by atoms with Crippen molar-refractivity contribution in [1.82, 2.24) is 29.0 Å². The third-order valence-electron chi connectivity index (χ3n) is 5.63. The van der Waals surface area contributed by atoms with Gasteiger partial charge in [0.1, 0.15) is 5.69 Å². The molecule has 27 heavy (non-hydrogen) atoms. The molecule has 2 aliphatic heterocycles. The molecule has 0 spiro atoms. The zero-order chi connectivity index (χ0) is 18.7. The van der Waals surface area contributed by atoms with Crippen LogP contribution in [0.5, 0.6) is 0 Å². The number of hydrogen-bond acceptors (Lipinski definition) is 5. The molecule has 7 nitrogen and oxygen atoms in total. The van der Waals surface area contributed by atoms with Crippen LogP contribution in [0.4, 0.5) is 14.6 Å². The molecule has 3 aromatic rings. The smallest absolute Gasteiger partial charge is 0.280 e. The van der Waals surface area contributed by atoms with E-state index in [1.165, 1.54) is 10.6 Å². The van der Waals surface area contributed by atoms with Crippen molar-refractivity contribution < 1.29 is 8.78 Å². The number of rotatable bonds is 4. The number of fused-ring (bicyclic) bond motifs is 1. The first-order chi connectivity index (χ1) is 13.0. The molecule has 2 saturated heterocycles. The minimum absolute atomic E-state index is 0.115. The van der Waals surface area contributed by atoms with Crippen LogP contribution in [0.15, 0.2) is 24.8 Å². The Morgan fingerprint density at radius 3 is 2.63 bits per heavy atom. The van der Waals surface area contributed by atoms with Gasteiger partial charge in [-0.3, -0.25) is 9.08 Å². The Hall–Kier alpha value is -2.55. The molecule has 0 bridgehead atoms. The van der Waals surface area contributed by atoms with Gasteiger partial charge in [-0.25, -0.2) is 18.7 Å². The van der Waals surface area contributed by atoms with Crippen LogP contribution in [-0.4, -0.2) is 61.8 Å². The maximum Gasteiger partial charge on any atom is 0.280 e. The molecule has 0 amide bonds. The van der Waals surface area contributed by atoms with Crippen LogP contribution in [0.1, 0.15) is 31.5 Å². The van der Waals surface area contributed by atoms with E-state index in [9.17, 15) is 8.78 Å². The lowest BCUT2D eigenvalue weighted by Crippen LogP contribution is -2.46. The molecule has 2 aliphatic rings. The Morgan fingerprint density at radius 1 is 1.19 bits per heavy atom. The van der Waals surface area contributed by atoms with Gasteiger partial charge in [0, 0.05) is 43.6 Å². The standard InChI is InChI=1S/C18H21F2N7/c1-11-3-4-25(11)18-17-21-6-15(16(19)20)26(17)10-14(23-18)12-5-22-27(7-12)13-8-24(2)9-13/h5-7,10-11,13,16H,3-4,8-9H2,1-2H3/t11-/m0/s1. The number of likely N-dealkylation sites (N-methyl/N-ethyl adjacent to an activating group) is 1. The fourth-order valence-electron chi connectivity index (χ4n) is 3.82. The van der Waals surface area contributed by atoms with E-state index in [1.54, 1.807) is 12.4 Å². The second-order valence-electron chi connectivity index (χ2n) is 7.54. The van der Waals surface area contributed by atoms with E-state index in [0.717, 1.165) is 31.6 Å². The first kappa shape index (κ1) is 16.6. The number of nitrogens with zero attached hydrogens (tertiary/aromatic N) is 7. The summed E-state index contributed by atoms with van der Waals surface area (Å²) in [6.07, 6.45) is 5.07. The third-order valence-corrected chi connectivity index (χ3v) is 5.63. The summed E-state index contributed by atoms with van der Waals surface area (Å²) in [5.41, 5.74) is 1.83. The molecular weight excluding hydrogens is 352 g/mol. The molecule has 0 unspecified atom stereocenters. The molecule has 0 radical (unpaired) electrons. The number of likely N-dealkylation sites (tertiary alicyclic amines) is 1. The topological polar surface area (TPSA) is 54.5 Å². The number of hydrogen-bond donors (Lipinski definition) is 0.